The zero-order chi connectivity index (χ0) is 17.0. The molecule has 0 N–H and O–H groups in total. The predicted molar refractivity (Wildman–Crippen MR) is 105 cm³/mol. The van der Waals surface area contributed by atoms with Gasteiger partial charge in [0.25, 0.3) is 0 Å². The van der Waals surface area contributed by atoms with Crippen molar-refractivity contribution in [3.63, 3.8) is 0 Å². The lowest BCUT2D eigenvalue weighted by Gasteiger charge is -2.20. The summed E-state index contributed by atoms with van der Waals surface area (Å²) in [5.41, 5.74) is 1.71. The fourth-order valence-corrected chi connectivity index (χ4v) is 5.80. The molecule has 4 heteroatoms. The van der Waals surface area contributed by atoms with Crippen molar-refractivity contribution in [2.45, 2.75) is 6.92 Å². The molecule has 0 aliphatic rings. The summed E-state index contributed by atoms with van der Waals surface area (Å²) < 4.78 is 18.1. The van der Waals surface area contributed by atoms with Crippen molar-refractivity contribution in [1.82, 2.24) is 0 Å². The number of rotatable bonds is 4. The molecule has 120 valence electrons. The van der Waals surface area contributed by atoms with Crippen molar-refractivity contribution >= 4 is 34.3 Å². The van der Waals surface area contributed by atoms with Gasteiger partial charge in [0, 0.05) is 16.3 Å². The van der Waals surface area contributed by atoms with Gasteiger partial charge in [-0.3, -0.25) is 0 Å². The summed E-state index contributed by atoms with van der Waals surface area (Å²) in [5, 5.41) is 2.10. The average molecular weight is 353 g/mol. The van der Waals surface area contributed by atoms with E-state index in [0.29, 0.717) is 0 Å². The van der Waals surface area contributed by atoms with Crippen molar-refractivity contribution in [3.05, 3.63) is 96.3 Å². The van der Waals surface area contributed by atoms with Gasteiger partial charge in [-0.1, -0.05) is 84.6 Å². The van der Waals surface area contributed by atoms with Crippen LogP contribution in [-0.2, 0) is 11.8 Å². The number of nitrogens with zero attached hydrogens (tertiary/aromatic N) is 1. The van der Waals surface area contributed by atoms with Crippen LogP contribution in [-0.4, -0.2) is 5.71 Å². The molecule has 3 aromatic rings. The van der Waals surface area contributed by atoms with Crippen molar-refractivity contribution < 1.29 is 4.39 Å². The van der Waals surface area contributed by atoms with Crippen molar-refractivity contribution in [3.8, 4) is 0 Å². The van der Waals surface area contributed by atoms with Crippen LogP contribution in [0.2, 0.25) is 0 Å². The van der Waals surface area contributed by atoms with Gasteiger partial charge in [-0.15, -0.1) is 0 Å². The zero-order valence-corrected chi connectivity index (χ0v) is 15.0. The molecule has 1 nitrogen and oxygen atoms in total. The average Bonchev–Trinajstić information content (AvgIpc) is 2.63. The zero-order valence-electron chi connectivity index (χ0n) is 13.3. The first-order chi connectivity index (χ1) is 11.6. The lowest BCUT2D eigenvalue weighted by molar-refractivity contribution is 0.628. The van der Waals surface area contributed by atoms with Gasteiger partial charge in [0.15, 0.2) is 0 Å². The molecule has 0 aliphatic carbocycles. The molecule has 24 heavy (non-hydrogen) atoms. The second-order valence-corrected chi connectivity index (χ2v) is 9.41. The highest BCUT2D eigenvalue weighted by Crippen LogP contribution is 2.46. The van der Waals surface area contributed by atoms with Crippen LogP contribution in [0, 0.1) is 5.82 Å². The first-order valence-corrected chi connectivity index (χ1v) is 10.4. The first kappa shape index (κ1) is 16.8. The van der Waals surface area contributed by atoms with E-state index in [0.717, 1.165) is 21.9 Å². The Morgan fingerprint density at radius 3 is 1.71 bits per heavy atom. The second-order valence-electron chi connectivity index (χ2n) is 5.44. The molecular formula is C20H17FNPS. The molecule has 0 unspecified atom stereocenters. The van der Waals surface area contributed by atoms with Gasteiger partial charge in [0.1, 0.15) is 12.0 Å². The van der Waals surface area contributed by atoms with Crippen molar-refractivity contribution in [2.75, 3.05) is 0 Å². The molecular weight excluding hydrogens is 336 g/mol. The Balaban J connectivity index is 2.14. The van der Waals surface area contributed by atoms with Gasteiger partial charge in [-0.25, -0.2) is 9.15 Å². The topological polar surface area (TPSA) is 12.4 Å². The number of hydrogen-bond donors (Lipinski definition) is 0. The highest BCUT2D eigenvalue weighted by atomic mass is 32.4. The maximum Gasteiger partial charge on any atom is 0.123 e. The van der Waals surface area contributed by atoms with E-state index in [1.54, 1.807) is 12.1 Å². The molecule has 0 amide bonds. The minimum atomic E-state index is -2.33. The maximum atomic E-state index is 13.2. The summed E-state index contributed by atoms with van der Waals surface area (Å²) in [7, 11) is 0. The molecule has 0 saturated heterocycles. The van der Waals surface area contributed by atoms with E-state index in [9.17, 15) is 4.39 Å². The molecule has 0 aromatic heterocycles. The lowest BCUT2D eigenvalue weighted by Crippen LogP contribution is -2.15. The molecule has 0 fully saturated rings. The minimum absolute atomic E-state index is 0.253. The Labute approximate surface area is 147 Å². The third-order valence-corrected chi connectivity index (χ3v) is 7.85. The standard InChI is InChI=1S/C20H17FNPS/c1-16(17-12-14-18(21)15-13-17)22-23(24,19-8-4-2-5-9-19)20-10-6-3-7-11-20/h2-15H,1H3/b22-16+. The van der Waals surface area contributed by atoms with Crippen molar-refractivity contribution in [1.29, 1.82) is 0 Å². The minimum Gasteiger partial charge on any atom is -0.247 e. The van der Waals surface area contributed by atoms with Crippen LogP contribution in [0.1, 0.15) is 12.5 Å². The smallest absolute Gasteiger partial charge is 0.123 e. The number of benzene rings is 3. The molecule has 0 aliphatic heterocycles. The van der Waals surface area contributed by atoms with E-state index in [-0.39, 0.29) is 5.82 Å². The van der Waals surface area contributed by atoms with Crippen molar-refractivity contribution in [2.24, 2.45) is 4.76 Å². The number of hydrogen-bond acceptors (Lipinski definition) is 1. The van der Waals surface area contributed by atoms with E-state index in [1.165, 1.54) is 12.1 Å². The summed E-state index contributed by atoms with van der Waals surface area (Å²) in [6.45, 7) is 1.93. The molecule has 0 spiro atoms. The highest BCUT2D eigenvalue weighted by Gasteiger charge is 2.21. The van der Waals surface area contributed by atoms with Gasteiger partial charge in [0.05, 0.1) is 0 Å². The Hall–Kier alpha value is -2.09. The first-order valence-electron chi connectivity index (χ1n) is 7.64. The molecule has 0 saturated carbocycles. The maximum absolute atomic E-state index is 13.2. The van der Waals surface area contributed by atoms with Crippen LogP contribution in [0.4, 0.5) is 4.39 Å². The summed E-state index contributed by atoms with van der Waals surface area (Å²) in [5.74, 6) is -0.253. The molecule has 0 bridgehead atoms. The normalized spacial score (nSPS) is 12.2. The van der Waals surface area contributed by atoms with Crippen LogP contribution < -0.4 is 10.6 Å². The SMILES string of the molecule is C/C(=N\P(=S)(c1ccccc1)c1ccccc1)c1ccc(F)cc1. The van der Waals surface area contributed by atoms with E-state index in [4.69, 9.17) is 16.6 Å². The lowest BCUT2D eigenvalue weighted by atomic mass is 10.1. The quantitative estimate of drug-likeness (QED) is 0.490. The summed E-state index contributed by atoms with van der Waals surface area (Å²) in [6.07, 6.45) is -2.33. The second kappa shape index (κ2) is 7.21. The Kier molecular flexibility index (Phi) is 5.03. The highest BCUT2D eigenvalue weighted by molar-refractivity contribution is 8.21. The Morgan fingerprint density at radius 2 is 1.25 bits per heavy atom. The Morgan fingerprint density at radius 1 is 0.792 bits per heavy atom. The molecule has 0 radical (unpaired) electrons. The van der Waals surface area contributed by atoms with Gasteiger partial charge >= 0.3 is 0 Å². The van der Waals surface area contributed by atoms with Crippen LogP contribution in [0.25, 0.3) is 0 Å². The van der Waals surface area contributed by atoms with Crippen LogP contribution in [0.15, 0.2) is 89.7 Å². The summed E-state index contributed by atoms with van der Waals surface area (Å²) >= 11 is 6.09. The van der Waals surface area contributed by atoms with Gasteiger partial charge in [-0.2, -0.15) is 0 Å². The number of halogens is 1. The molecule has 0 heterocycles. The Bertz CT molecular complexity index is 846. The van der Waals surface area contributed by atoms with Gasteiger partial charge in [0.2, 0.25) is 0 Å². The summed E-state index contributed by atoms with van der Waals surface area (Å²) in [6, 6.07) is 26.4. The monoisotopic (exact) mass is 353 g/mol. The van der Waals surface area contributed by atoms with Gasteiger partial charge < -0.3 is 0 Å². The van der Waals surface area contributed by atoms with Crippen LogP contribution in [0.5, 0.6) is 0 Å². The third-order valence-electron chi connectivity index (χ3n) is 3.77. The largest absolute Gasteiger partial charge is 0.247 e. The molecule has 0 atom stereocenters. The fourth-order valence-electron chi connectivity index (χ4n) is 2.48. The van der Waals surface area contributed by atoms with E-state index >= 15 is 0 Å². The molecule has 3 rings (SSSR count). The predicted octanol–water partition coefficient (Wildman–Crippen LogP) is 4.68. The third kappa shape index (κ3) is 3.53. The fraction of sp³-hybridized carbons (Fsp3) is 0.0500. The van der Waals surface area contributed by atoms with E-state index in [2.05, 4.69) is 0 Å². The van der Waals surface area contributed by atoms with Crippen LogP contribution >= 0.6 is 6.19 Å². The van der Waals surface area contributed by atoms with E-state index in [1.807, 2.05) is 67.6 Å². The van der Waals surface area contributed by atoms with E-state index < -0.39 is 6.19 Å². The summed E-state index contributed by atoms with van der Waals surface area (Å²) in [4.78, 5) is 0. The van der Waals surface area contributed by atoms with Crippen LogP contribution in [0.3, 0.4) is 0 Å². The molecule has 3 aromatic carbocycles. The van der Waals surface area contributed by atoms with Gasteiger partial charge in [-0.05, 0) is 24.6 Å².